The molecule has 2 rings (SSSR count). The van der Waals surface area contributed by atoms with Crippen LogP contribution in [0.1, 0.15) is 65.7 Å². The molecule has 0 aromatic heterocycles. The van der Waals surface area contributed by atoms with Crippen molar-refractivity contribution < 1.29 is 0 Å². The molecule has 94 valence electrons. The first-order valence-corrected chi connectivity index (χ1v) is 7.28. The van der Waals surface area contributed by atoms with E-state index >= 15 is 0 Å². The largest absolute Gasteiger partial charge is 0.314 e. The van der Waals surface area contributed by atoms with Crippen LogP contribution in [0.4, 0.5) is 0 Å². The van der Waals surface area contributed by atoms with Crippen LogP contribution in [0.5, 0.6) is 0 Å². The van der Waals surface area contributed by atoms with Gasteiger partial charge in [-0.2, -0.15) is 0 Å². The summed E-state index contributed by atoms with van der Waals surface area (Å²) in [5.74, 6) is 1.96. The number of rotatable bonds is 3. The molecule has 2 atom stereocenters. The summed E-state index contributed by atoms with van der Waals surface area (Å²) in [6.07, 6.45) is 10.0. The summed E-state index contributed by atoms with van der Waals surface area (Å²) < 4.78 is 0. The second-order valence-electron chi connectivity index (χ2n) is 7.13. The summed E-state index contributed by atoms with van der Waals surface area (Å²) in [5.41, 5.74) is 0.611. The highest BCUT2D eigenvalue weighted by Gasteiger charge is 2.27. The van der Waals surface area contributed by atoms with Crippen molar-refractivity contribution in [2.75, 3.05) is 6.54 Å². The smallest absolute Gasteiger partial charge is 0.00675 e. The zero-order valence-corrected chi connectivity index (χ0v) is 11.4. The normalized spacial score (nSPS) is 35.4. The van der Waals surface area contributed by atoms with Gasteiger partial charge in [0.1, 0.15) is 0 Å². The molecular weight excluding hydrogens is 194 g/mol. The van der Waals surface area contributed by atoms with Crippen molar-refractivity contribution in [2.45, 2.75) is 71.8 Å². The van der Waals surface area contributed by atoms with E-state index in [-0.39, 0.29) is 0 Å². The van der Waals surface area contributed by atoms with Gasteiger partial charge in [0.15, 0.2) is 0 Å². The summed E-state index contributed by atoms with van der Waals surface area (Å²) in [5, 5.41) is 3.82. The molecule has 0 spiro atoms. The van der Waals surface area contributed by atoms with Gasteiger partial charge in [0.2, 0.25) is 0 Å². The van der Waals surface area contributed by atoms with E-state index in [0.29, 0.717) is 5.41 Å². The minimum absolute atomic E-state index is 0.611. The van der Waals surface area contributed by atoms with Crippen LogP contribution in [-0.2, 0) is 0 Å². The van der Waals surface area contributed by atoms with Crippen LogP contribution in [0, 0.1) is 17.3 Å². The van der Waals surface area contributed by atoms with Crippen molar-refractivity contribution in [3.63, 3.8) is 0 Å². The van der Waals surface area contributed by atoms with Crippen LogP contribution in [0.3, 0.4) is 0 Å². The van der Waals surface area contributed by atoms with E-state index in [0.717, 1.165) is 17.9 Å². The molecule has 2 unspecified atom stereocenters. The van der Waals surface area contributed by atoms with Crippen molar-refractivity contribution in [3.05, 3.63) is 0 Å². The van der Waals surface area contributed by atoms with Crippen LogP contribution >= 0.6 is 0 Å². The second-order valence-corrected chi connectivity index (χ2v) is 7.13. The van der Waals surface area contributed by atoms with E-state index in [1.807, 2.05) is 0 Å². The number of hydrogen-bond acceptors (Lipinski definition) is 1. The van der Waals surface area contributed by atoms with Gasteiger partial charge in [-0.05, 0) is 62.3 Å². The summed E-state index contributed by atoms with van der Waals surface area (Å²) in [4.78, 5) is 0. The number of nitrogens with one attached hydrogen (secondary N) is 1. The van der Waals surface area contributed by atoms with Gasteiger partial charge in [-0.25, -0.2) is 0 Å². The van der Waals surface area contributed by atoms with Crippen LogP contribution in [0.2, 0.25) is 0 Å². The molecule has 0 aliphatic heterocycles. The Morgan fingerprint density at radius 1 is 1.06 bits per heavy atom. The van der Waals surface area contributed by atoms with E-state index in [2.05, 4.69) is 26.1 Å². The lowest BCUT2D eigenvalue weighted by Crippen LogP contribution is -2.37. The Morgan fingerprint density at radius 2 is 1.75 bits per heavy atom. The Kier molecular flexibility index (Phi) is 3.94. The predicted molar refractivity (Wildman–Crippen MR) is 70.5 cm³/mol. The molecule has 0 aromatic rings. The molecule has 0 saturated heterocycles. The fourth-order valence-corrected chi connectivity index (χ4v) is 3.45. The lowest BCUT2D eigenvalue weighted by atomic mass is 9.75. The van der Waals surface area contributed by atoms with Gasteiger partial charge < -0.3 is 5.32 Å². The molecule has 2 aliphatic carbocycles. The van der Waals surface area contributed by atoms with Crippen LogP contribution in [-0.4, -0.2) is 12.6 Å². The molecular formula is C15H29N. The summed E-state index contributed by atoms with van der Waals surface area (Å²) in [6.45, 7) is 8.53. The fraction of sp³-hybridized carbons (Fsp3) is 1.00. The number of hydrogen-bond donors (Lipinski definition) is 1. The molecule has 1 nitrogen and oxygen atoms in total. The summed E-state index contributed by atoms with van der Waals surface area (Å²) in [6, 6.07) is 0.823. The SMILES string of the molecule is CC1CCC(CNC2CCC(C)(C)CC2)C1. The van der Waals surface area contributed by atoms with E-state index in [9.17, 15) is 0 Å². The van der Waals surface area contributed by atoms with Crippen molar-refractivity contribution in [2.24, 2.45) is 17.3 Å². The minimum atomic E-state index is 0.611. The zero-order chi connectivity index (χ0) is 11.6. The maximum absolute atomic E-state index is 3.82. The maximum Gasteiger partial charge on any atom is 0.00675 e. The molecule has 1 N–H and O–H groups in total. The van der Waals surface area contributed by atoms with Gasteiger partial charge in [-0.3, -0.25) is 0 Å². The molecule has 0 heterocycles. The third-order valence-electron chi connectivity index (χ3n) is 4.84. The third-order valence-corrected chi connectivity index (χ3v) is 4.84. The Balaban J connectivity index is 1.64. The molecule has 16 heavy (non-hydrogen) atoms. The zero-order valence-electron chi connectivity index (χ0n) is 11.4. The van der Waals surface area contributed by atoms with Crippen molar-refractivity contribution in [3.8, 4) is 0 Å². The highest BCUT2D eigenvalue weighted by molar-refractivity contribution is 4.83. The topological polar surface area (TPSA) is 12.0 Å². The average molecular weight is 223 g/mol. The van der Waals surface area contributed by atoms with Gasteiger partial charge >= 0.3 is 0 Å². The fourth-order valence-electron chi connectivity index (χ4n) is 3.45. The minimum Gasteiger partial charge on any atom is -0.314 e. The quantitative estimate of drug-likeness (QED) is 0.763. The maximum atomic E-state index is 3.82. The van der Waals surface area contributed by atoms with Crippen LogP contribution < -0.4 is 5.32 Å². The molecule has 0 radical (unpaired) electrons. The lowest BCUT2D eigenvalue weighted by Gasteiger charge is -2.35. The molecule has 0 amide bonds. The standard InChI is InChI=1S/C15H29N/c1-12-4-5-13(10-12)11-16-14-6-8-15(2,3)9-7-14/h12-14,16H,4-11H2,1-3H3. The highest BCUT2D eigenvalue weighted by Crippen LogP contribution is 2.35. The summed E-state index contributed by atoms with van der Waals surface area (Å²) in [7, 11) is 0. The van der Waals surface area contributed by atoms with Crippen molar-refractivity contribution >= 4 is 0 Å². The molecule has 2 saturated carbocycles. The monoisotopic (exact) mass is 223 g/mol. The molecule has 0 aromatic carbocycles. The van der Waals surface area contributed by atoms with Crippen molar-refractivity contribution in [1.29, 1.82) is 0 Å². The molecule has 0 bridgehead atoms. The Morgan fingerprint density at radius 3 is 2.31 bits per heavy atom. The first kappa shape index (κ1) is 12.4. The Bertz CT molecular complexity index is 211. The van der Waals surface area contributed by atoms with E-state index < -0.39 is 0 Å². The Hall–Kier alpha value is -0.0400. The molecule has 2 aliphatic rings. The molecule has 2 fully saturated rings. The Labute approximate surface area is 101 Å². The van der Waals surface area contributed by atoms with Gasteiger partial charge in [-0.1, -0.05) is 27.2 Å². The lowest BCUT2D eigenvalue weighted by molar-refractivity contribution is 0.202. The van der Waals surface area contributed by atoms with E-state index in [4.69, 9.17) is 0 Å². The van der Waals surface area contributed by atoms with E-state index in [1.54, 1.807) is 0 Å². The highest BCUT2D eigenvalue weighted by atomic mass is 14.9. The van der Waals surface area contributed by atoms with Crippen LogP contribution in [0.25, 0.3) is 0 Å². The molecule has 1 heteroatoms. The third kappa shape index (κ3) is 3.48. The predicted octanol–water partition coefficient (Wildman–Crippen LogP) is 3.98. The first-order valence-electron chi connectivity index (χ1n) is 7.28. The van der Waals surface area contributed by atoms with Crippen molar-refractivity contribution in [1.82, 2.24) is 5.32 Å². The van der Waals surface area contributed by atoms with Gasteiger partial charge in [0, 0.05) is 6.04 Å². The second kappa shape index (κ2) is 5.08. The van der Waals surface area contributed by atoms with Gasteiger partial charge in [0.25, 0.3) is 0 Å². The van der Waals surface area contributed by atoms with Crippen LogP contribution in [0.15, 0.2) is 0 Å². The summed E-state index contributed by atoms with van der Waals surface area (Å²) >= 11 is 0. The van der Waals surface area contributed by atoms with Gasteiger partial charge in [0.05, 0.1) is 0 Å². The van der Waals surface area contributed by atoms with Gasteiger partial charge in [-0.15, -0.1) is 0 Å². The average Bonchev–Trinajstić information content (AvgIpc) is 2.63. The first-order chi connectivity index (χ1) is 7.55. The van der Waals surface area contributed by atoms with E-state index in [1.165, 1.54) is 51.5 Å².